The van der Waals surface area contributed by atoms with Gasteiger partial charge in [-0.05, 0) is 47.2 Å². The number of rotatable bonds is 5. The van der Waals surface area contributed by atoms with Gasteiger partial charge in [0.15, 0.2) is 6.10 Å². The zero-order valence-electron chi connectivity index (χ0n) is 11.8. The maximum atomic E-state index is 13.0. The number of benzene rings is 1. The molecule has 2 rings (SSSR count). The minimum Gasteiger partial charge on any atom is -0.473 e. The minimum absolute atomic E-state index is 0.0258. The van der Waals surface area contributed by atoms with Crippen LogP contribution in [-0.4, -0.2) is 21.9 Å². The third-order valence-electron chi connectivity index (χ3n) is 2.79. The van der Waals surface area contributed by atoms with Gasteiger partial charge in [-0.2, -0.15) is 0 Å². The van der Waals surface area contributed by atoms with Crippen molar-refractivity contribution in [3.05, 3.63) is 57.5 Å². The van der Waals surface area contributed by atoms with Crippen molar-refractivity contribution in [3.8, 4) is 5.75 Å². The van der Waals surface area contributed by atoms with Crippen LogP contribution in [0.2, 0.25) is 5.02 Å². The number of pyridine rings is 1. The lowest BCUT2D eigenvalue weighted by Crippen LogP contribution is -2.30. The van der Waals surface area contributed by atoms with E-state index < -0.39 is 28.6 Å². The van der Waals surface area contributed by atoms with Gasteiger partial charge < -0.3 is 20.2 Å². The molecule has 0 fully saturated rings. The van der Waals surface area contributed by atoms with E-state index in [1.807, 2.05) is 0 Å². The Hall–Kier alpha value is -2.74. The highest BCUT2D eigenvalue weighted by atomic mass is 35.5. The van der Waals surface area contributed by atoms with Gasteiger partial charge in [-0.25, -0.2) is 4.39 Å². The summed E-state index contributed by atoms with van der Waals surface area (Å²) in [4.78, 5) is 25.8. The summed E-state index contributed by atoms with van der Waals surface area (Å²) in [5.74, 6) is -1.77. The van der Waals surface area contributed by atoms with Crippen molar-refractivity contribution in [1.82, 2.24) is 4.98 Å². The zero-order chi connectivity index (χ0) is 17.0. The molecule has 0 bridgehead atoms. The highest BCUT2D eigenvalue weighted by Crippen LogP contribution is 2.25. The first-order valence-corrected chi connectivity index (χ1v) is 6.78. The smallest absolute Gasteiger partial charge is 0.406 e. The molecule has 1 heterocycles. The van der Waals surface area contributed by atoms with Crippen LogP contribution < -0.4 is 10.1 Å². The van der Waals surface area contributed by atoms with Crippen molar-refractivity contribution < 1.29 is 18.8 Å². The lowest BCUT2D eigenvalue weighted by molar-refractivity contribution is -0.390. The van der Waals surface area contributed by atoms with Gasteiger partial charge in [-0.3, -0.25) is 4.79 Å². The van der Waals surface area contributed by atoms with Crippen LogP contribution in [0.1, 0.15) is 6.92 Å². The van der Waals surface area contributed by atoms with Crippen LogP contribution in [0.15, 0.2) is 36.5 Å². The maximum Gasteiger partial charge on any atom is 0.406 e. The van der Waals surface area contributed by atoms with E-state index in [2.05, 4.69) is 10.3 Å². The van der Waals surface area contributed by atoms with Crippen LogP contribution in [0.4, 0.5) is 15.9 Å². The van der Waals surface area contributed by atoms with Crippen molar-refractivity contribution in [2.75, 3.05) is 5.32 Å². The van der Waals surface area contributed by atoms with Crippen molar-refractivity contribution in [2.45, 2.75) is 13.0 Å². The third kappa shape index (κ3) is 4.13. The van der Waals surface area contributed by atoms with Crippen LogP contribution >= 0.6 is 11.6 Å². The summed E-state index contributed by atoms with van der Waals surface area (Å²) in [6, 6.07) is 6.27. The molecule has 0 aliphatic heterocycles. The summed E-state index contributed by atoms with van der Waals surface area (Å²) >= 11 is 5.81. The number of aromatic nitrogens is 1. The molecule has 0 saturated carbocycles. The molecule has 7 nitrogen and oxygen atoms in total. The molecule has 1 N–H and O–H groups in total. The predicted molar refractivity (Wildman–Crippen MR) is 81.0 cm³/mol. The molecular weight excluding hydrogens is 329 g/mol. The molecule has 23 heavy (non-hydrogen) atoms. The second-order valence-corrected chi connectivity index (χ2v) is 4.86. The molecule has 1 aromatic heterocycles. The summed E-state index contributed by atoms with van der Waals surface area (Å²) in [6.07, 6.45) is 0.188. The molecule has 9 heteroatoms. The lowest BCUT2D eigenvalue weighted by atomic mass is 10.3. The number of hydrogen-bond acceptors (Lipinski definition) is 5. The first-order chi connectivity index (χ1) is 10.9. The van der Waals surface area contributed by atoms with Gasteiger partial charge in [0.2, 0.25) is 5.75 Å². The minimum atomic E-state index is -1.06. The second kappa shape index (κ2) is 7.01. The van der Waals surface area contributed by atoms with Gasteiger partial charge >= 0.3 is 5.82 Å². The van der Waals surface area contributed by atoms with Crippen molar-refractivity contribution in [3.63, 3.8) is 0 Å². The van der Waals surface area contributed by atoms with Crippen LogP contribution in [-0.2, 0) is 4.79 Å². The molecule has 2 aromatic rings. The second-order valence-electron chi connectivity index (χ2n) is 4.46. The SMILES string of the molecule is CC(Oc1cccnc1[N+](=O)[O-])C(=O)Nc1ccc(F)cc1Cl. The van der Waals surface area contributed by atoms with Gasteiger partial charge in [-0.1, -0.05) is 11.6 Å². The average Bonchev–Trinajstić information content (AvgIpc) is 2.50. The molecule has 120 valence electrons. The molecule has 1 aromatic carbocycles. The summed E-state index contributed by atoms with van der Waals surface area (Å²) in [6.45, 7) is 1.41. The highest BCUT2D eigenvalue weighted by Gasteiger charge is 2.22. The van der Waals surface area contributed by atoms with E-state index in [9.17, 15) is 19.3 Å². The molecule has 0 radical (unpaired) electrons. The van der Waals surface area contributed by atoms with E-state index in [1.165, 1.54) is 31.3 Å². The number of ether oxygens (including phenoxy) is 1. The number of nitrogens with zero attached hydrogens (tertiary/aromatic N) is 2. The highest BCUT2D eigenvalue weighted by molar-refractivity contribution is 6.33. The molecular formula is C14H11ClFN3O4. The molecule has 0 spiro atoms. The Balaban J connectivity index is 2.10. The Labute approximate surface area is 135 Å². The van der Waals surface area contributed by atoms with Crippen LogP contribution in [0, 0.1) is 15.9 Å². The number of amides is 1. The van der Waals surface area contributed by atoms with Crippen LogP contribution in [0.25, 0.3) is 0 Å². The summed E-state index contributed by atoms with van der Waals surface area (Å²) in [7, 11) is 0. The van der Waals surface area contributed by atoms with Gasteiger partial charge in [0.1, 0.15) is 12.0 Å². The van der Waals surface area contributed by atoms with Gasteiger partial charge in [0.25, 0.3) is 5.91 Å². The monoisotopic (exact) mass is 339 g/mol. The Kier molecular flexibility index (Phi) is 5.07. The fraction of sp³-hybridized carbons (Fsp3) is 0.143. The number of nitrogens with one attached hydrogen (secondary N) is 1. The number of carbonyl (C=O) groups excluding carboxylic acids is 1. The van der Waals surface area contributed by atoms with Crippen molar-refractivity contribution in [1.29, 1.82) is 0 Å². The summed E-state index contributed by atoms with van der Waals surface area (Å²) < 4.78 is 18.2. The van der Waals surface area contributed by atoms with Crippen molar-refractivity contribution >= 4 is 29.0 Å². The number of halogens is 2. The largest absolute Gasteiger partial charge is 0.473 e. The average molecular weight is 340 g/mol. The quantitative estimate of drug-likeness (QED) is 0.666. The molecule has 1 amide bonds. The zero-order valence-corrected chi connectivity index (χ0v) is 12.6. The lowest BCUT2D eigenvalue weighted by Gasteiger charge is -2.15. The standard InChI is InChI=1S/C14H11ClFN3O4/c1-8(23-12-3-2-6-17-13(12)19(21)22)14(20)18-11-5-4-9(16)7-10(11)15/h2-8H,1H3,(H,18,20). The predicted octanol–water partition coefficient (Wildman–Crippen LogP) is 3.19. The Morgan fingerprint density at radius 2 is 2.22 bits per heavy atom. The normalized spacial score (nSPS) is 11.6. The molecule has 0 aliphatic carbocycles. The van der Waals surface area contributed by atoms with E-state index in [1.54, 1.807) is 0 Å². The summed E-state index contributed by atoms with van der Waals surface area (Å²) in [5, 5.41) is 13.3. The number of nitro groups is 1. The van der Waals surface area contributed by atoms with Crippen LogP contribution in [0.5, 0.6) is 5.75 Å². The number of anilines is 1. The first-order valence-electron chi connectivity index (χ1n) is 6.40. The van der Waals surface area contributed by atoms with Gasteiger partial charge in [0.05, 0.1) is 10.7 Å². The fourth-order valence-corrected chi connectivity index (χ4v) is 1.89. The molecule has 1 unspecified atom stereocenters. The number of carbonyl (C=O) groups is 1. The molecule has 1 atom stereocenters. The van der Waals surface area contributed by atoms with Gasteiger partial charge in [-0.15, -0.1) is 0 Å². The third-order valence-corrected chi connectivity index (χ3v) is 3.10. The molecule has 0 aliphatic rings. The number of hydrogen-bond donors (Lipinski definition) is 1. The fourth-order valence-electron chi connectivity index (χ4n) is 1.68. The van der Waals surface area contributed by atoms with Gasteiger partial charge in [0, 0.05) is 0 Å². The van der Waals surface area contributed by atoms with E-state index >= 15 is 0 Å². The first kappa shape index (κ1) is 16.6. The Morgan fingerprint density at radius 1 is 1.48 bits per heavy atom. The topological polar surface area (TPSA) is 94.4 Å². The Bertz CT molecular complexity index is 757. The summed E-state index contributed by atoms with van der Waals surface area (Å²) in [5.41, 5.74) is 0.203. The Morgan fingerprint density at radius 3 is 2.87 bits per heavy atom. The van der Waals surface area contributed by atoms with Crippen LogP contribution in [0.3, 0.4) is 0 Å². The van der Waals surface area contributed by atoms with E-state index in [0.717, 1.165) is 12.1 Å². The van der Waals surface area contributed by atoms with E-state index in [-0.39, 0.29) is 16.5 Å². The van der Waals surface area contributed by atoms with E-state index in [4.69, 9.17) is 16.3 Å². The maximum absolute atomic E-state index is 13.0. The molecule has 0 saturated heterocycles. The van der Waals surface area contributed by atoms with Crippen molar-refractivity contribution in [2.24, 2.45) is 0 Å². The van der Waals surface area contributed by atoms with E-state index in [0.29, 0.717) is 0 Å².